The maximum absolute atomic E-state index is 13.6. The Balaban J connectivity index is 2.07. The summed E-state index contributed by atoms with van der Waals surface area (Å²) in [6, 6.07) is 10.6. The van der Waals surface area contributed by atoms with Crippen LogP contribution in [0.4, 0.5) is 8.78 Å². The number of hydrogen-bond acceptors (Lipinski definition) is 2. The van der Waals surface area contributed by atoms with E-state index in [9.17, 15) is 13.9 Å². The van der Waals surface area contributed by atoms with Crippen LogP contribution in [-0.2, 0) is 6.54 Å². The number of para-hydroxylation sites is 1. The fourth-order valence-corrected chi connectivity index (χ4v) is 1.90. The van der Waals surface area contributed by atoms with Crippen LogP contribution >= 0.6 is 0 Å². The quantitative estimate of drug-likeness (QED) is 0.884. The number of benzene rings is 2. The molecule has 19 heavy (non-hydrogen) atoms. The van der Waals surface area contributed by atoms with E-state index in [-0.39, 0.29) is 24.2 Å². The molecule has 2 aromatic rings. The molecule has 0 amide bonds. The second-order valence-corrected chi connectivity index (χ2v) is 4.37. The standard InChI is InChI=1S/C15H15F2NO/c1-10(12-6-2-3-7-13(12)16)18-9-11-5-4-8-14(17)15(11)19/h2-8,10,18-19H,9H2,1H3. The lowest BCUT2D eigenvalue weighted by Gasteiger charge is -2.15. The van der Waals surface area contributed by atoms with E-state index >= 15 is 0 Å². The van der Waals surface area contributed by atoms with Crippen molar-refractivity contribution in [3.8, 4) is 5.75 Å². The van der Waals surface area contributed by atoms with Crippen molar-refractivity contribution < 1.29 is 13.9 Å². The number of halogens is 2. The molecule has 0 spiro atoms. The number of aromatic hydroxyl groups is 1. The summed E-state index contributed by atoms with van der Waals surface area (Å²) in [4.78, 5) is 0. The molecule has 2 rings (SSSR count). The van der Waals surface area contributed by atoms with Crippen molar-refractivity contribution >= 4 is 0 Å². The summed E-state index contributed by atoms with van der Waals surface area (Å²) in [6.07, 6.45) is 0. The van der Waals surface area contributed by atoms with Crippen LogP contribution in [0.1, 0.15) is 24.1 Å². The molecule has 2 aromatic carbocycles. The van der Waals surface area contributed by atoms with Crippen molar-refractivity contribution in [1.82, 2.24) is 5.32 Å². The van der Waals surface area contributed by atoms with Gasteiger partial charge in [-0.15, -0.1) is 0 Å². The molecule has 0 bridgehead atoms. The Hall–Kier alpha value is -1.94. The maximum atomic E-state index is 13.6. The Morgan fingerprint density at radius 3 is 2.47 bits per heavy atom. The molecule has 0 aliphatic heterocycles. The van der Waals surface area contributed by atoms with Gasteiger partial charge in [0.05, 0.1) is 0 Å². The van der Waals surface area contributed by atoms with E-state index in [0.717, 1.165) is 0 Å². The zero-order valence-corrected chi connectivity index (χ0v) is 10.5. The summed E-state index contributed by atoms with van der Waals surface area (Å²) >= 11 is 0. The monoisotopic (exact) mass is 263 g/mol. The molecule has 0 aromatic heterocycles. The molecule has 4 heteroatoms. The molecule has 0 saturated heterocycles. The van der Waals surface area contributed by atoms with Gasteiger partial charge in [0.2, 0.25) is 0 Å². The fraction of sp³-hybridized carbons (Fsp3) is 0.200. The molecule has 0 aliphatic rings. The lowest BCUT2D eigenvalue weighted by Crippen LogP contribution is -2.19. The van der Waals surface area contributed by atoms with E-state index in [2.05, 4.69) is 5.32 Å². The smallest absolute Gasteiger partial charge is 0.165 e. The van der Waals surface area contributed by atoms with Gasteiger partial charge in [-0.2, -0.15) is 0 Å². The number of rotatable bonds is 4. The normalized spacial score (nSPS) is 12.4. The summed E-state index contributed by atoms with van der Waals surface area (Å²) in [5.74, 6) is -1.31. The van der Waals surface area contributed by atoms with Gasteiger partial charge >= 0.3 is 0 Å². The average Bonchev–Trinajstić information content (AvgIpc) is 2.40. The first-order chi connectivity index (χ1) is 9.09. The summed E-state index contributed by atoms with van der Waals surface area (Å²) in [6.45, 7) is 2.08. The second kappa shape index (κ2) is 5.80. The van der Waals surface area contributed by atoms with Gasteiger partial charge in [0.25, 0.3) is 0 Å². The predicted molar refractivity (Wildman–Crippen MR) is 69.7 cm³/mol. The van der Waals surface area contributed by atoms with Crippen LogP contribution in [0.5, 0.6) is 5.75 Å². The van der Waals surface area contributed by atoms with E-state index in [1.54, 1.807) is 24.3 Å². The Morgan fingerprint density at radius 2 is 1.74 bits per heavy atom. The highest BCUT2D eigenvalue weighted by Gasteiger charge is 2.11. The number of hydrogen-bond donors (Lipinski definition) is 2. The van der Waals surface area contributed by atoms with Gasteiger partial charge in [0, 0.05) is 23.7 Å². The maximum Gasteiger partial charge on any atom is 0.165 e. The average molecular weight is 263 g/mol. The minimum Gasteiger partial charge on any atom is -0.505 e. The van der Waals surface area contributed by atoms with Crippen molar-refractivity contribution in [3.05, 3.63) is 65.2 Å². The summed E-state index contributed by atoms with van der Waals surface area (Å²) in [5.41, 5.74) is 0.988. The van der Waals surface area contributed by atoms with Gasteiger partial charge in [-0.05, 0) is 19.1 Å². The first-order valence-corrected chi connectivity index (χ1v) is 6.03. The van der Waals surface area contributed by atoms with Gasteiger partial charge in [-0.1, -0.05) is 30.3 Å². The highest BCUT2D eigenvalue weighted by atomic mass is 19.1. The molecular formula is C15H15F2NO. The number of nitrogens with one attached hydrogen (secondary N) is 1. The molecule has 0 aliphatic carbocycles. The topological polar surface area (TPSA) is 32.3 Å². The lowest BCUT2D eigenvalue weighted by atomic mass is 10.1. The van der Waals surface area contributed by atoms with Crippen LogP contribution in [0.2, 0.25) is 0 Å². The van der Waals surface area contributed by atoms with Crippen molar-refractivity contribution in [2.24, 2.45) is 0 Å². The number of phenolic OH excluding ortho intramolecular Hbond substituents is 1. The van der Waals surface area contributed by atoms with Crippen LogP contribution in [0.3, 0.4) is 0 Å². The fourth-order valence-electron chi connectivity index (χ4n) is 1.90. The van der Waals surface area contributed by atoms with Crippen LogP contribution in [-0.4, -0.2) is 5.11 Å². The van der Waals surface area contributed by atoms with E-state index in [1.165, 1.54) is 18.2 Å². The second-order valence-electron chi connectivity index (χ2n) is 4.37. The molecule has 0 fully saturated rings. The third-order valence-corrected chi connectivity index (χ3v) is 3.04. The number of phenols is 1. The van der Waals surface area contributed by atoms with Gasteiger partial charge < -0.3 is 10.4 Å². The third kappa shape index (κ3) is 3.09. The first kappa shape index (κ1) is 13.5. The highest BCUT2D eigenvalue weighted by molar-refractivity contribution is 5.33. The molecule has 100 valence electrons. The van der Waals surface area contributed by atoms with E-state index < -0.39 is 5.82 Å². The van der Waals surface area contributed by atoms with Crippen LogP contribution in [0.25, 0.3) is 0 Å². The Morgan fingerprint density at radius 1 is 1.05 bits per heavy atom. The van der Waals surface area contributed by atoms with Gasteiger partial charge in [-0.3, -0.25) is 0 Å². The third-order valence-electron chi connectivity index (χ3n) is 3.04. The van der Waals surface area contributed by atoms with Gasteiger partial charge in [0.15, 0.2) is 11.6 Å². The van der Waals surface area contributed by atoms with E-state index in [0.29, 0.717) is 11.1 Å². The highest BCUT2D eigenvalue weighted by Crippen LogP contribution is 2.22. The largest absolute Gasteiger partial charge is 0.505 e. The zero-order chi connectivity index (χ0) is 13.8. The van der Waals surface area contributed by atoms with Gasteiger partial charge in [-0.25, -0.2) is 8.78 Å². The lowest BCUT2D eigenvalue weighted by molar-refractivity contribution is 0.420. The molecule has 2 nitrogen and oxygen atoms in total. The van der Waals surface area contributed by atoms with Crippen molar-refractivity contribution in [3.63, 3.8) is 0 Å². The summed E-state index contributed by atoms with van der Waals surface area (Å²) < 4.78 is 26.7. The molecule has 2 N–H and O–H groups in total. The predicted octanol–water partition coefficient (Wildman–Crippen LogP) is 3.52. The van der Waals surface area contributed by atoms with Crippen LogP contribution in [0.15, 0.2) is 42.5 Å². The van der Waals surface area contributed by atoms with Crippen LogP contribution < -0.4 is 5.32 Å². The minimum absolute atomic E-state index is 0.233. The van der Waals surface area contributed by atoms with E-state index in [4.69, 9.17) is 0 Å². The van der Waals surface area contributed by atoms with Crippen molar-refractivity contribution in [2.75, 3.05) is 0 Å². The molecular weight excluding hydrogens is 248 g/mol. The molecule has 1 unspecified atom stereocenters. The van der Waals surface area contributed by atoms with Crippen LogP contribution in [0, 0.1) is 11.6 Å². The Labute approximate surface area is 110 Å². The molecule has 0 saturated carbocycles. The van der Waals surface area contributed by atoms with Gasteiger partial charge in [0.1, 0.15) is 5.82 Å². The van der Waals surface area contributed by atoms with Crippen molar-refractivity contribution in [1.29, 1.82) is 0 Å². The first-order valence-electron chi connectivity index (χ1n) is 6.03. The minimum atomic E-state index is -0.655. The summed E-state index contributed by atoms with van der Waals surface area (Å²) in [5, 5.41) is 12.6. The Bertz CT molecular complexity index is 572. The summed E-state index contributed by atoms with van der Waals surface area (Å²) in [7, 11) is 0. The molecule has 1 atom stereocenters. The Kier molecular flexibility index (Phi) is 4.12. The van der Waals surface area contributed by atoms with E-state index in [1.807, 2.05) is 6.92 Å². The molecule has 0 heterocycles. The SMILES string of the molecule is CC(NCc1cccc(F)c1O)c1ccccc1F. The van der Waals surface area contributed by atoms with Crippen molar-refractivity contribution in [2.45, 2.75) is 19.5 Å². The zero-order valence-electron chi connectivity index (χ0n) is 10.5. The molecule has 0 radical (unpaired) electrons.